The van der Waals surface area contributed by atoms with Gasteiger partial charge in [-0.1, -0.05) is 24.3 Å². The van der Waals surface area contributed by atoms with Gasteiger partial charge in [0, 0.05) is 18.2 Å². The van der Waals surface area contributed by atoms with Gasteiger partial charge >= 0.3 is 0 Å². The molecule has 2 aliphatic rings. The normalized spacial score (nSPS) is 18.3. The number of ether oxygens (including phenoxy) is 2. The van der Waals surface area contributed by atoms with Gasteiger partial charge < -0.3 is 20.1 Å². The highest BCUT2D eigenvalue weighted by Crippen LogP contribution is 2.35. The van der Waals surface area contributed by atoms with Gasteiger partial charge in [-0.3, -0.25) is 0 Å². The fourth-order valence-electron chi connectivity index (χ4n) is 3.57. The molecule has 1 aromatic rings. The molecule has 142 valence electrons. The van der Waals surface area contributed by atoms with Crippen LogP contribution in [0.1, 0.15) is 51.0 Å². The van der Waals surface area contributed by atoms with Gasteiger partial charge in [-0.25, -0.2) is 4.99 Å². The summed E-state index contributed by atoms with van der Waals surface area (Å²) in [5.41, 5.74) is 1.07. The van der Waals surface area contributed by atoms with E-state index in [2.05, 4.69) is 35.8 Å². The van der Waals surface area contributed by atoms with Gasteiger partial charge in [-0.15, -0.1) is 0 Å². The van der Waals surface area contributed by atoms with Crippen LogP contribution in [0.4, 0.5) is 0 Å². The van der Waals surface area contributed by atoms with Gasteiger partial charge in [0.15, 0.2) is 17.5 Å². The number of benzene rings is 1. The lowest BCUT2D eigenvalue weighted by atomic mass is 10.1. The molecule has 1 saturated carbocycles. The van der Waals surface area contributed by atoms with Crippen LogP contribution in [0.3, 0.4) is 0 Å². The molecule has 0 heterocycles. The summed E-state index contributed by atoms with van der Waals surface area (Å²) >= 11 is 0. The Hall–Kier alpha value is -2.17. The molecular weight excluding hydrogens is 326 g/mol. The van der Waals surface area contributed by atoms with Crippen LogP contribution in [0, 0.1) is 0 Å². The zero-order chi connectivity index (χ0) is 18.2. The summed E-state index contributed by atoms with van der Waals surface area (Å²) in [6, 6.07) is 6.49. The third-order valence-electron chi connectivity index (χ3n) is 4.97. The first-order valence-electron chi connectivity index (χ1n) is 9.82. The molecule has 1 aromatic carbocycles. The van der Waals surface area contributed by atoms with E-state index in [1.165, 1.54) is 12.8 Å². The number of nitrogens with zero attached hydrogens (tertiary/aromatic N) is 1. The largest absolute Gasteiger partial charge is 0.493 e. The molecule has 2 aliphatic carbocycles. The van der Waals surface area contributed by atoms with Crippen LogP contribution >= 0.6 is 0 Å². The average molecular weight is 357 g/mol. The summed E-state index contributed by atoms with van der Waals surface area (Å²) in [6.07, 6.45) is 11.6. The molecule has 0 amide bonds. The summed E-state index contributed by atoms with van der Waals surface area (Å²) in [7, 11) is 1.70. The van der Waals surface area contributed by atoms with E-state index in [1.807, 2.05) is 12.1 Å². The molecule has 2 N–H and O–H groups in total. The Kier molecular flexibility index (Phi) is 6.81. The highest BCUT2D eigenvalue weighted by atomic mass is 16.5. The number of para-hydroxylation sites is 1. The Morgan fingerprint density at radius 1 is 1.19 bits per heavy atom. The molecule has 5 nitrogen and oxygen atoms in total. The Morgan fingerprint density at radius 2 is 1.96 bits per heavy atom. The van der Waals surface area contributed by atoms with Crippen LogP contribution in [-0.2, 0) is 6.54 Å². The third kappa shape index (κ3) is 4.93. The minimum absolute atomic E-state index is 0.296. The van der Waals surface area contributed by atoms with Crippen molar-refractivity contribution in [1.29, 1.82) is 0 Å². The standard InChI is InChI=1S/C21H31N3O2/c1-3-22-21(24-17-10-4-5-11-17)23-15-16-9-8-14-19(25-2)20(16)26-18-12-6-7-13-18/h4-5,8-9,14,17-18H,3,6-7,10-13,15H2,1-2H3,(H2,22,23,24). The number of aliphatic imine (C=N–C) groups is 1. The molecule has 26 heavy (non-hydrogen) atoms. The Balaban J connectivity index is 1.73. The Bertz CT molecular complexity index is 628. The van der Waals surface area contributed by atoms with E-state index < -0.39 is 0 Å². The van der Waals surface area contributed by atoms with E-state index >= 15 is 0 Å². The summed E-state index contributed by atoms with van der Waals surface area (Å²) in [5.74, 6) is 2.50. The lowest BCUT2D eigenvalue weighted by molar-refractivity contribution is 0.198. The molecule has 0 spiro atoms. The lowest BCUT2D eigenvalue weighted by Crippen LogP contribution is -2.42. The third-order valence-corrected chi connectivity index (χ3v) is 4.97. The van der Waals surface area contributed by atoms with Gasteiger partial charge in [-0.05, 0) is 51.5 Å². The first-order chi connectivity index (χ1) is 12.8. The molecule has 0 aliphatic heterocycles. The summed E-state index contributed by atoms with van der Waals surface area (Å²) < 4.78 is 11.9. The van der Waals surface area contributed by atoms with E-state index in [0.29, 0.717) is 18.7 Å². The quantitative estimate of drug-likeness (QED) is 0.443. The fourth-order valence-corrected chi connectivity index (χ4v) is 3.57. The van der Waals surface area contributed by atoms with Crippen molar-refractivity contribution < 1.29 is 9.47 Å². The average Bonchev–Trinajstić information content (AvgIpc) is 3.34. The van der Waals surface area contributed by atoms with Crippen LogP contribution < -0.4 is 20.1 Å². The molecule has 0 unspecified atom stereocenters. The predicted octanol–water partition coefficient (Wildman–Crippen LogP) is 3.79. The van der Waals surface area contributed by atoms with E-state index in [-0.39, 0.29) is 0 Å². The van der Waals surface area contributed by atoms with E-state index in [1.54, 1.807) is 7.11 Å². The summed E-state index contributed by atoms with van der Waals surface area (Å²) in [5, 5.41) is 6.85. The van der Waals surface area contributed by atoms with E-state index in [4.69, 9.17) is 14.5 Å². The number of rotatable bonds is 7. The number of nitrogens with one attached hydrogen (secondary N) is 2. The minimum Gasteiger partial charge on any atom is -0.493 e. The number of methoxy groups -OCH3 is 1. The van der Waals surface area contributed by atoms with Gasteiger partial charge in [0.05, 0.1) is 19.8 Å². The second-order valence-electron chi connectivity index (χ2n) is 6.95. The number of hydrogen-bond acceptors (Lipinski definition) is 3. The van der Waals surface area contributed by atoms with E-state index in [9.17, 15) is 0 Å². The van der Waals surface area contributed by atoms with Gasteiger partial charge in [-0.2, -0.15) is 0 Å². The van der Waals surface area contributed by atoms with E-state index in [0.717, 1.165) is 55.3 Å². The number of hydrogen-bond donors (Lipinski definition) is 2. The fraction of sp³-hybridized carbons (Fsp3) is 0.571. The van der Waals surface area contributed by atoms with Crippen LogP contribution in [0.5, 0.6) is 11.5 Å². The summed E-state index contributed by atoms with van der Waals surface area (Å²) in [4.78, 5) is 4.79. The highest BCUT2D eigenvalue weighted by Gasteiger charge is 2.20. The molecule has 1 fully saturated rings. The number of guanidine groups is 1. The van der Waals surface area contributed by atoms with Crippen molar-refractivity contribution in [3.8, 4) is 11.5 Å². The van der Waals surface area contributed by atoms with Gasteiger partial charge in [0.2, 0.25) is 0 Å². The zero-order valence-electron chi connectivity index (χ0n) is 16.0. The Morgan fingerprint density at radius 3 is 2.65 bits per heavy atom. The maximum Gasteiger partial charge on any atom is 0.191 e. The molecule has 0 atom stereocenters. The monoisotopic (exact) mass is 357 g/mol. The van der Waals surface area contributed by atoms with Crippen LogP contribution in [0.15, 0.2) is 35.3 Å². The molecular formula is C21H31N3O2. The van der Waals surface area contributed by atoms with Crippen molar-refractivity contribution in [3.05, 3.63) is 35.9 Å². The first-order valence-corrected chi connectivity index (χ1v) is 9.82. The van der Waals surface area contributed by atoms with Crippen LogP contribution in [-0.4, -0.2) is 31.8 Å². The zero-order valence-corrected chi connectivity index (χ0v) is 16.0. The predicted molar refractivity (Wildman–Crippen MR) is 106 cm³/mol. The van der Waals surface area contributed by atoms with Crippen molar-refractivity contribution in [2.75, 3.05) is 13.7 Å². The molecule has 0 saturated heterocycles. The van der Waals surface area contributed by atoms with Crippen molar-refractivity contribution in [3.63, 3.8) is 0 Å². The molecule has 5 heteroatoms. The Labute approximate surface area is 156 Å². The SMILES string of the molecule is CCNC(=NCc1cccc(OC)c1OC1CCCC1)NC1CC=CC1. The van der Waals surface area contributed by atoms with Gasteiger partial charge in [0.25, 0.3) is 0 Å². The van der Waals surface area contributed by atoms with Crippen molar-refractivity contribution in [1.82, 2.24) is 10.6 Å². The summed E-state index contributed by atoms with van der Waals surface area (Å²) in [6.45, 7) is 3.49. The van der Waals surface area contributed by atoms with Crippen molar-refractivity contribution >= 4 is 5.96 Å². The maximum atomic E-state index is 6.31. The topological polar surface area (TPSA) is 54.9 Å². The van der Waals surface area contributed by atoms with Crippen LogP contribution in [0.2, 0.25) is 0 Å². The maximum absolute atomic E-state index is 6.31. The minimum atomic E-state index is 0.296. The molecule has 0 radical (unpaired) electrons. The van der Waals surface area contributed by atoms with Crippen molar-refractivity contribution in [2.24, 2.45) is 4.99 Å². The second-order valence-corrected chi connectivity index (χ2v) is 6.95. The lowest BCUT2D eigenvalue weighted by Gasteiger charge is -2.19. The molecule has 0 aromatic heterocycles. The first kappa shape index (κ1) is 18.6. The molecule has 3 rings (SSSR count). The second kappa shape index (κ2) is 9.51. The molecule has 0 bridgehead atoms. The van der Waals surface area contributed by atoms with Crippen molar-refractivity contribution in [2.45, 2.75) is 64.1 Å². The smallest absolute Gasteiger partial charge is 0.191 e. The van der Waals surface area contributed by atoms with Gasteiger partial charge in [0.1, 0.15) is 0 Å². The van der Waals surface area contributed by atoms with Crippen LogP contribution in [0.25, 0.3) is 0 Å². The highest BCUT2D eigenvalue weighted by molar-refractivity contribution is 5.80.